The van der Waals surface area contributed by atoms with Crippen molar-refractivity contribution in [3.63, 3.8) is 0 Å². The van der Waals surface area contributed by atoms with Crippen LogP contribution in [0.2, 0.25) is 0 Å². The van der Waals surface area contributed by atoms with E-state index >= 15 is 0 Å². The number of carbonyl (C=O) groups is 4. The smallest absolute Gasteiger partial charge is 0.331 e. The maximum absolute atomic E-state index is 11.8. The number of carbonyl (C=O) groups excluding carboxylic acids is 4. The molecule has 0 aliphatic carbocycles. The van der Waals surface area contributed by atoms with Gasteiger partial charge in [0, 0.05) is 30.8 Å². The molecule has 0 saturated carbocycles. The molecular formula is C16H20N2O8. The van der Waals surface area contributed by atoms with Crippen molar-refractivity contribution in [2.24, 2.45) is 4.99 Å². The maximum Gasteiger partial charge on any atom is 0.331 e. The average Bonchev–Trinajstić information content (AvgIpc) is 3.14. The van der Waals surface area contributed by atoms with E-state index in [1.165, 1.54) is 14.2 Å². The predicted molar refractivity (Wildman–Crippen MR) is 88.1 cm³/mol. The molecule has 0 aromatic carbocycles. The molecule has 10 nitrogen and oxygen atoms in total. The van der Waals surface area contributed by atoms with Crippen LogP contribution in [0.5, 0.6) is 0 Å². The van der Waals surface area contributed by atoms with Gasteiger partial charge >= 0.3 is 23.9 Å². The van der Waals surface area contributed by atoms with Crippen LogP contribution in [0.15, 0.2) is 29.3 Å². The van der Waals surface area contributed by atoms with Gasteiger partial charge in [0.25, 0.3) is 0 Å². The first kappa shape index (κ1) is 20.9. The van der Waals surface area contributed by atoms with E-state index in [1.807, 2.05) is 0 Å². The Balaban J connectivity index is 2.59. The number of ether oxygens (including phenoxy) is 4. The summed E-state index contributed by atoms with van der Waals surface area (Å²) < 4.78 is 18.9. The van der Waals surface area contributed by atoms with Crippen molar-refractivity contribution in [1.82, 2.24) is 4.90 Å². The Bertz CT molecular complexity index is 611. The second-order valence-corrected chi connectivity index (χ2v) is 4.92. The lowest BCUT2D eigenvalue weighted by atomic mass is 10.3. The Kier molecular flexibility index (Phi) is 9.15. The fraction of sp³-hybridized carbons (Fsp3) is 0.438. The summed E-state index contributed by atoms with van der Waals surface area (Å²) in [6.07, 6.45) is 4.45. The van der Waals surface area contributed by atoms with Gasteiger partial charge in [-0.15, -0.1) is 0 Å². The van der Waals surface area contributed by atoms with Crippen LogP contribution in [0.3, 0.4) is 0 Å². The normalized spacial score (nSPS) is 14.5. The molecular weight excluding hydrogens is 348 g/mol. The van der Waals surface area contributed by atoms with Crippen molar-refractivity contribution < 1.29 is 38.1 Å². The maximum atomic E-state index is 11.8. The Morgan fingerprint density at radius 2 is 1.58 bits per heavy atom. The van der Waals surface area contributed by atoms with Crippen molar-refractivity contribution in [2.75, 3.05) is 40.5 Å². The zero-order valence-corrected chi connectivity index (χ0v) is 14.5. The van der Waals surface area contributed by atoms with E-state index in [2.05, 4.69) is 14.5 Å². The molecule has 0 amide bonds. The lowest BCUT2D eigenvalue weighted by Crippen LogP contribution is -2.36. The largest absolute Gasteiger partial charge is 0.466 e. The molecule has 1 atom stereocenters. The number of hydrogen-bond donors (Lipinski definition) is 0. The van der Waals surface area contributed by atoms with E-state index in [4.69, 9.17) is 9.47 Å². The van der Waals surface area contributed by atoms with Crippen LogP contribution in [0.25, 0.3) is 0 Å². The van der Waals surface area contributed by atoms with Gasteiger partial charge in [0.1, 0.15) is 6.61 Å². The second-order valence-electron chi connectivity index (χ2n) is 4.92. The molecule has 0 fully saturated rings. The van der Waals surface area contributed by atoms with Gasteiger partial charge in [0.15, 0.2) is 6.10 Å². The molecule has 1 aliphatic rings. The lowest BCUT2D eigenvalue weighted by molar-refractivity contribution is -0.153. The minimum atomic E-state index is -0.801. The van der Waals surface area contributed by atoms with Crippen LogP contribution in [0.1, 0.15) is 0 Å². The van der Waals surface area contributed by atoms with Crippen molar-refractivity contribution in [3.05, 3.63) is 24.3 Å². The summed E-state index contributed by atoms with van der Waals surface area (Å²) in [6, 6.07) is 0. The van der Waals surface area contributed by atoms with Crippen molar-refractivity contribution in [2.45, 2.75) is 6.10 Å². The van der Waals surface area contributed by atoms with E-state index in [9.17, 15) is 19.2 Å². The van der Waals surface area contributed by atoms with Gasteiger partial charge in [-0.05, 0) is 0 Å². The zero-order valence-electron chi connectivity index (χ0n) is 14.5. The predicted octanol–water partition coefficient (Wildman–Crippen LogP) is -0.756. The van der Waals surface area contributed by atoms with E-state index in [0.717, 1.165) is 24.3 Å². The minimum Gasteiger partial charge on any atom is -0.466 e. The molecule has 0 aromatic heterocycles. The monoisotopic (exact) mass is 368 g/mol. The SMILES string of the molecule is COC(=O)/C=C/C(=O)OCC(CN1C=NCC1)OC(=O)/C=C/C(=O)OC. The molecule has 142 valence electrons. The molecule has 1 rings (SSSR count). The molecule has 10 heteroatoms. The van der Waals surface area contributed by atoms with Crippen LogP contribution >= 0.6 is 0 Å². The van der Waals surface area contributed by atoms with E-state index in [1.54, 1.807) is 11.2 Å². The minimum absolute atomic E-state index is 0.244. The molecule has 0 spiro atoms. The number of hydrogen-bond acceptors (Lipinski definition) is 10. The average molecular weight is 368 g/mol. The second kappa shape index (κ2) is 11.4. The highest BCUT2D eigenvalue weighted by Gasteiger charge is 2.19. The Labute approximate surface area is 150 Å². The van der Waals surface area contributed by atoms with E-state index < -0.39 is 30.0 Å². The summed E-state index contributed by atoms with van der Waals surface area (Å²) in [5.41, 5.74) is 0. The molecule has 0 radical (unpaired) electrons. The fourth-order valence-corrected chi connectivity index (χ4v) is 1.78. The van der Waals surface area contributed by atoms with Crippen LogP contribution in [-0.2, 0) is 38.1 Å². The van der Waals surface area contributed by atoms with Gasteiger partial charge in [-0.2, -0.15) is 0 Å². The van der Waals surface area contributed by atoms with Crippen LogP contribution in [0, 0.1) is 0 Å². The first-order valence-electron chi connectivity index (χ1n) is 7.58. The first-order chi connectivity index (χ1) is 12.4. The standard InChI is InChI=1S/C16H20N2O8/c1-23-13(19)3-5-15(21)25-10-12(9-18-8-7-17-11-18)26-16(22)6-4-14(20)24-2/h3-6,11-12H,7-10H2,1-2H3/b5-3+,6-4+. The summed E-state index contributed by atoms with van der Waals surface area (Å²) in [5, 5.41) is 0. The van der Waals surface area contributed by atoms with Crippen molar-refractivity contribution in [3.8, 4) is 0 Å². The van der Waals surface area contributed by atoms with Gasteiger partial charge in [0.05, 0.1) is 33.6 Å². The molecule has 0 bridgehead atoms. The molecule has 0 aromatic rings. The molecule has 26 heavy (non-hydrogen) atoms. The van der Waals surface area contributed by atoms with E-state index in [0.29, 0.717) is 13.1 Å². The van der Waals surface area contributed by atoms with Crippen LogP contribution in [-0.4, -0.2) is 81.7 Å². The van der Waals surface area contributed by atoms with Gasteiger partial charge in [0.2, 0.25) is 0 Å². The molecule has 0 N–H and O–H groups in total. The lowest BCUT2D eigenvalue weighted by Gasteiger charge is -2.22. The third-order valence-corrected chi connectivity index (χ3v) is 3.01. The Morgan fingerprint density at radius 3 is 2.12 bits per heavy atom. The Morgan fingerprint density at radius 1 is 1.00 bits per heavy atom. The molecule has 1 heterocycles. The number of nitrogens with zero attached hydrogens (tertiary/aromatic N) is 2. The highest BCUT2D eigenvalue weighted by Crippen LogP contribution is 2.03. The number of rotatable bonds is 9. The summed E-state index contributed by atoms with van der Waals surface area (Å²) in [5.74, 6) is -3.00. The summed E-state index contributed by atoms with van der Waals surface area (Å²) in [7, 11) is 2.35. The fourth-order valence-electron chi connectivity index (χ4n) is 1.78. The van der Waals surface area contributed by atoms with Gasteiger partial charge in [-0.25, -0.2) is 19.2 Å². The summed E-state index contributed by atoms with van der Waals surface area (Å²) >= 11 is 0. The summed E-state index contributed by atoms with van der Waals surface area (Å²) in [4.78, 5) is 51.1. The first-order valence-corrected chi connectivity index (χ1v) is 7.58. The van der Waals surface area contributed by atoms with Crippen LogP contribution < -0.4 is 0 Å². The van der Waals surface area contributed by atoms with Crippen molar-refractivity contribution >= 4 is 30.2 Å². The topological polar surface area (TPSA) is 121 Å². The third-order valence-electron chi connectivity index (χ3n) is 3.01. The summed E-state index contributed by atoms with van der Waals surface area (Å²) in [6.45, 7) is 1.26. The number of esters is 4. The van der Waals surface area contributed by atoms with Gasteiger partial charge in [-0.3, -0.25) is 4.99 Å². The highest BCUT2D eigenvalue weighted by molar-refractivity contribution is 5.92. The number of methoxy groups -OCH3 is 2. The Hall–Kier alpha value is -3.17. The number of aliphatic imine (C=N–C) groups is 1. The van der Waals surface area contributed by atoms with Gasteiger partial charge < -0.3 is 23.8 Å². The molecule has 0 saturated heterocycles. The van der Waals surface area contributed by atoms with Gasteiger partial charge in [-0.1, -0.05) is 0 Å². The quantitative estimate of drug-likeness (QED) is 0.294. The highest BCUT2D eigenvalue weighted by atomic mass is 16.6. The molecule has 1 aliphatic heterocycles. The van der Waals surface area contributed by atoms with Crippen molar-refractivity contribution in [1.29, 1.82) is 0 Å². The van der Waals surface area contributed by atoms with E-state index in [-0.39, 0.29) is 13.2 Å². The molecule has 1 unspecified atom stereocenters. The zero-order chi connectivity index (χ0) is 19.4. The third kappa shape index (κ3) is 8.62. The van der Waals surface area contributed by atoms with Crippen LogP contribution in [0.4, 0.5) is 0 Å².